The summed E-state index contributed by atoms with van der Waals surface area (Å²) in [6.45, 7) is 16.4. The second kappa shape index (κ2) is 25.9. The molecule has 1 aromatic heterocycles. The van der Waals surface area contributed by atoms with E-state index in [1.807, 2.05) is 36.4 Å². The van der Waals surface area contributed by atoms with Crippen molar-refractivity contribution in [1.82, 2.24) is 20.4 Å². The van der Waals surface area contributed by atoms with Crippen LogP contribution in [-0.2, 0) is 17.1 Å². The Morgan fingerprint density at radius 2 is 0.672 bits per heavy atom. The van der Waals surface area contributed by atoms with Gasteiger partial charge in [0.15, 0.2) is 11.6 Å². The molecule has 0 saturated heterocycles. The molecule has 350 valence electrons. The predicted octanol–water partition coefficient (Wildman–Crippen LogP) is 16.6. The second-order valence-electron chi connectivity index (χ2n) is 19.4. The molecule has 2 aliphatic rings. The number of hydrogen-bond donors (Lipinski definition) is 0. The van der Waals surface area contributed by atoms with Gasteiger partial charge in [-0.25, -0.2) is 0 Å². The Morgan fingerprint density at radius 3 is 0.940 bits per heavy atom. The summed E-state index contributed by atoms with van der Waals surface area (Å²) in [4.78, 5) is 0. The first kappa shape index (κ1) is 54.6. The van der Waals surface area contributed by atoms with Gasteiger partial charge in [-0.2, -0.15) is 0 Å². The quantitative estimate of drug-likeness (QED) is 0.0865. The van der Waals surface area contributed by atoms with Crippen molar-refractivity contribution < 1.29 is 17.1 Å². The van der Waals surface area contributed by atoms with Gasteiger partial charge in [0.25, 0.3) is 0 Å². The van der Waals surface area contributed by atoms with Crippen LogP contribution in [0.2, 0.25) is 0 Å². The van der Waals surface area contributed by atoms with E-state index in [1.54, 1.807) is 13.0 Å². The molecule has 1 heterocycles. The van der Waals surface area contributed by atoms with Crippen LogP contribution in [0, 0.1) is 21.8 Å². The Balaban J connectivity index is 0.000000255. The monoisotopic (exact) mass is 948 g/mol. The molecular weight excluding hydrogens is 876 g/mol. The second-order valence-corrected chi connectivity index (χ2v) is 23.5. The number of hydrogen-bond acceptors (Lipinski definition) is 4. The average molecular weight is 949 g/mol. The summed E-state index contributed by atoms with van der Waals surface area (Å²) in [5.74, 6) is 2.88. The normalized spacial score (nSPS) is 19.1. The van der Waals surface area contributed by atoms with Gasteiger partial charge in [0.1, 0.15) is 0 Å². The molecule has 2 fully saturated rings. The van der Waals surface area contributed by atoms with Crippen LogP contribution >= 0.6 is 7.92 Å². The Hall–Kier alpha value is -5.05. The van der Waals surface area contributed by atoms with Crippen molar-refractivity contribution in [3.8, 4) is 0 Å². The molecule has 67 heavy (non-hydrogen) atoms. The van der Waals surface area contributed by atoms with Crippen LogP contribution in [0.15, 0.2) is 182 Å². The van der Waals surface area contributed by atoms with Crippen molar-refractivity contribution in [3.05, 3.63) is 242 Å². The van der Waals surface area contributed by atoms with Crippen LogP contribution in [0.1, 0.15) is 142 Å². The number of benzene rings is 6. The van der Waals surface area contributed by atoms with Gasteiger partial charge in [-0.05, 0) is 105 Å². The zero-order chi connectivity index (χ0) is 44.9. The number of aryl methyl sites for hydroxylation is 1. The fraction of sp³-hybridized carbons (Fsp3) is 0.311. The summed E-state index contributed by atoms with van der Waals surface area (Å²) in [5, 5.41) is 16.5. The van der Waals surface area contributed by atoms with E-state index in [9.17, 15) is 0 Å². The maximum atomic E-state index is 3.88. The maximum Gasteiger partial charge on any atom is 2.00 e. The Bertz CT molecular complexity index is 2160. The molecule has 0 amide bonds. The van der Waals surface area contributed by atoms with Crippen LogP contribution in [0.25, 0.3) is 12.2 Å². The summed E-state index contributed by atoms with van der Waals surface area (Å²) in [7, 11) is 0.156. The summed E-state index contributed by atoms with van der Waals surface area (Å²) in [5.41, 5.74) is 9.27. The van der Waals surface area contributed by atoms with Crippen LogP contribution < -0.4 is 0 Å². The van der Waals surface area contributed by atoms with Gasteiger partial charge >= 0.3 is 17.1 Å². The molecule has 6 aromatic carbocycles. The maximum absolute atomic E-state index is 3.88. The molecule has 0 bridgehead atoms. The summed E-state index contributed by atoms with van der Waals surface area (Å²) >= 11 is 0. The van der Waals surface area contributed by atoms with Crippen molar-refractivity contribution >= 4 is 20.1 Å². The van der Waals surface area contributed by atoms with Crippen molar-refractivity contribution in [1.29, 1.82) is 0 Å². The van der Waals surface area contributed by atoms with Gasteiger partial charge in [-0.3, -0.25) is 0 Å². The van der Waals surface area contributed by atoms with Gasteiger partial charge in [-0.1, -0.05) is 250 Å². The zero-order valence-corrected chi connectivity index (χ0v) is 43.4. The van der Waals surface area contributed by atoms with Gasteiger partial charge in [-0.15, -0.1) is 20.4 Å². The molecule has 0 radical (unpaired) electrons. The molecule has 0 atom stereocenters. The molecule has 0 spiro atoms. The van der Waals surface area contributed by atoms with E-state index in [2.05, 4.69) is 214 Å². The van der Waals surface area contributed by atoms with Gasteiger partial charge in [0, 0.05) is 0 Å². The fourth-order valence-electron chi connectivity index (χ4n) is 10.9. The summed E-state index contributed by atoms with van der Waals surface area (Å²) in [6, 6.07) is 66.0. The van der Waals surface area contributed by atoms with Crippen molar-refractivity contribution in [3.63, 3.8) is 0 Å². The van der Waals surface area contributed by atoms with Crippen molar-refractivity contribution in [2.24, 2.45) is 0 Å². The minimum Gasteiger partial charge on any atom is -0.358 e. The minimum atomic E-state index is 0. The van der Waals surface area contributed by atoms with Gasteiger partial charge in [0.2, 0.25) is 0 Å². The first-order valence-corrected chi connectivity index (χ1v) is 24.7. The third-order valence-corrected chi connectivity index (χ3v) is 16.9. The molecule has 0 aliphatic heterocycles. The van der Waals surface area contributed by atoms with E-state index >= 15 is 0 Å². The van der Waals surface area contributed by atoms with Crippen LogP contribution in [-0.4, -0.2) is 36.4 Å². The van der Waals surface area contributed by atoms with Crippen LogP contribution in [0.4, 0.5) is 0 Å². The third kappa shape index (κ3) is 14.5. The number of rotatable bonds is 8. The van der Waals surface area contributed by atoms with Crippen LogP contribution in [0.5, 0.6) is 0 Å². The predicted molar refractivity (Wildman–Crippen MR) is 285 cm³/mol. The van der Waals surface area contributed by atoms with E-state index in [4.69, 9.17) is 0 Å². The van der Waals surface area contributed by atoms with Crippen molar-refractivity contribution in [2.75, 3.05) is 0 Å². The smallest absolute Gasteiger partial charge is 0.358 e. The van der Waals surface area contributed by atoms with Gasteiger partial charge in [0.05, 0.1) is 0 Å². The largest absolute Gasteiger partial charge is 2.00 e. The molecule has 2 saturated carbocycles. The first-order chi connectivity index (χ1) is 31.0. The van der Waals surface area contributed by atoms with E-state index < -0.39 is 0 Å². The molecule has 0 N–H and O–H groups in total. The van der Waals surface area contributed by atoms with E-state index in [0.717, 1.165) is 11.2 Å². The van der Waals surface area contributed by atoms with E-state index in [-0.39, 0.29) is 39.8 Å². The summed E-state index contributed by atoms with van der Waals surface area (Å²) in [6.07, 6.45) is 9.68. The fourth-order valence-corrected chi connectivity index (χ4v) is 16.0. The molecule has 2 aliphatic carbocycles. The van der Waals surface area contributed by atoms with E-state index in [1.165, 1.54) is 53.5 Å². The molecule has 6 heteroatoms. The molecule has 7 aromatic rings. The average Bonchev–Trinajstić information content (AvgIpc) is 3.97. The molecule has 0 unspecified atom stereocenters. The Kier molecular flexibility index (Phi) is 21.1. The number of nitrogens with zero attached hydrogens (tertiary/aromatic N) is 4. The Morgan fingerprint density at radius 1 is 0.403 bits per heavy atom. The first-order valence-electron chi connectivity index (χ1n) is 23.3. The SMILES string of the molecule is CC(C)(C)P(C1CCCC1)C(C)(C)C.Cc1nnc(/C=C/c2ccccc2)nn1.[CH3-].[CH3-].[Fe+2].c1ccc(C2C(c3ccccc3)C(c3ccccc3)C(c3ccccc3)C2c2ccccc2)cc1. The standard InChI is InChI=1S/C35H30.C13H27P.C11H10N4.2CH3.Fe/c1-6-16-26(17-7-1)31-32(27-18-8-2-9-19-27)34(29-22-12-4-13-23-29)35(30-24-14-5-15-25-30)33(31)28-20-10-3-11-21-28;1-12(2,3)14(13(4,5)6)11-9-7-8-10-11;1-9-12-14-11(15-13-9)8-7-10-5-3-2-4-6-10;;;/h1-25,31-35H;11H,7-10H2,1-6H3;2-8H,1H3;2*1H3;/q;;;2*-1;+2/b;;8-7+;;;. The topological polar surface area (TPSA) is 51.6 Å². The zero-order valence-electron chi connectivity index (χ0n) is 41.4. The Labute approximate surface area is 416 Å². The molecule has 4 nitrogen and oxygen atoms in total. The summed E-state index contributed by atoms with van der Waals surface area (Å²) < 4.78 is 0. The number of aromatic nitrogens is 4. The van der Waals surface area contributed by atoms with Gasteiger partial charge < -0.3 is 14.9 Å². The third-order valence-electron chi connectivity index (χ3n) is 12.8. The van der Waals surface area contributed by atoms with Crippen molar-refractivity contribution in [2.45, 2.75) is 120 Å². The molecular formula is C61H73FeN4P. The molecule has 9 rings (SSSR count). The minimum absolute atomic E-state index is 0. The van der Waals surface area contributed by atoms with E-state index in [0.29, 0.717) is 51.6 Å². The van der Waals surface area contributed by atoms with Crippen LogP contribution in [0.3, 0.4) is 0 Å².